The van der Waals surface area contributed by atoms with Crippen molar-refractivity contribution in [2.45, 2.75) is 26.8 Å². The van der Waals surface area contributed by atoms with Crippen LogP contribution < -0.4 is 5.32 Å². The van der Waals surface area contributed by atoms with Gasteiger partial charge < -0.3 is 5.32 Å². The summed E-state index contributed by atoms with van der Waals surface area (Å²) >= 11 is 0. The van der Waals surface area contributed by atoms with Crippen LogP contribution in [0.25, 0.3) is 11.4 Å². The molecule has 0 atom stereocenters. The summed E-state index contributed by atoms with van der Waals surface area (Å²) < 4.78 is 1.77. The van der Waals surface area contributed by atoms with Crippen molar-refractivity contribution >= 4 is 11.6 Å². The maximum Gasteiger partial charge on any atom is 0.226 e. The third-order valence-electron chi connectivity index (χ3n) is 3.33. The van der Waals surface area contributed by atoms with Gasteiger partial charge in [0.05, 0.1) is 6.20 Å². The quantitative estimate of drug-likeness (QED) is 0.757. The summed E-state index contributed by atoms with van der Waals surface area (Å²) in [7, 11) is 0. The van der Waals surface area contributed by atoms with Crippen LogP contribution in [-0.2, 0) is 11.3 Å². The van der Waals surface area contributed by atoms with Crippen LogP contribution in [0, 0.1) is 13.8 Å². The van der Waals surface area contributed by atoms with Crippen molar-refractivity contribution in [1.29, 1.82) is 0 Å². The Morgan fingerprint density at radius 2 is 2.22 bits per heavy atom. The van der Waals surface area contributed by atoms with Crippen LogP contribution >= 0.6 is 0 Å². The molecule has 0 saturated heterocycles. The monoisotopic (exact) mass is 310 g/mol. The fraction of sp³-hybridized carbons (Fsp3) is 0.250. The smallest absolute Gasteiger partial charge is 0.226 e. The molecule has 0 fully saturated rings. The van der Waals surface area contributed by atoms with E-state index in [1.54, 1.807) is 10.9 Å². The van der Waals surface area contributed by atoms with Crippen molar-refractivity contribution in [3.05, 3.63) is 48.0 Å². The molecule has 0 unspecified atom stereocenters. The third-order valence-corrected chi connectivity index (χ3v) is 3.33. The molecule has 0 radical (unpaired) electrons. The highest BCUT2D eigenvalue weighted by molar-refractivity contribution is 5.91. The number of nitrogens with one attached hydrogen (secondary N) is 2. The van der Waals surface area contributed by atoms with Gasteiger partial charge >= 0.3 is 0 Å². The van der Waals surface area contributed by atoms with Crippen LogP contribution in [0.2, 0.25) is 0 Å². The highest BCUT2D eigenvalue weighted by atomic mass is 16.1. The number of aromatic amines is 1. The van der Waals surface area contributed by atoms with Gasteiger partial charge in [-0.3, -0.25) is 14.6 Å². The molecule has 0 bridgehead atoms. The van der Waals surface area contributed by atoms with Crippen LogP contribution in [0.1, 0.15) is 17.8 Å². The van der Waals surface area contributed by atoms with E-state index in [0.717, 1.165) is 22.6 Å². The van der Waals surface area contributed by atoms with Crippen molar-refractivity contribution in [3.8, 4) is 11.4 Å². The number of H-pyrrole nitrogens is 1. The molecule has 2 aromatic heterocycles. The van der Waals surface area contributed by atoms with Gasteiger partial charge in [0.15, 0.2) is 5.82 Å². The van der Waals surface area contributed by atoms with Crippen LogP contribution in [-0.4, -0.2) is 30.9 Å². The van der Waals surface area contributed by atoms with Gasteiger partial charge in [-0.1, -0.05) is 12.1 Å². The molecule has 2 heterocycles. The number of hydrogen-bond acceptors (Lipinski definition) is 4. The molecule has 3 rings (SSSR count). The van der Waals surface area contributed by atoms with E-state index in [-0.39, 0.29) is 5.91 Å². The summed E-state index contributed by atoms with van der Waals surface area (Å²) in [5.41, 5.74) is 2.67. The molecule has 0 aliphatic heterocycles. The maximum atomic E-state index is 12.1. The van der Waals surface area contributed by atoms with Crippen molar-refractivity contribution in [2.75, 3.05) is 5.32 Å². The van der Waals surface area contributed by atoms with E-state index in [1.807, 2.05) is 44.3 Å². The molecule has 3 aromatic rings. The normalized spacial score (nSPS) is 10.7. The first-order valence-corrected chi connectivity index (χ1v) is 7.38. The van der Waals surface area contributed by atoms with Gasteiger partial charge in [-0.05, 0) is 31.5 Å². The number of carbonyl (C=O) groups excluding carboxylic acids is 1. The van der Waals surface area contributed by atoms with E-state index < -0.39 is 0 Å². The number of carbonyl (C=O) groups is 1. The van der Waals surface area contributed by atoms with Crippen molar-refractivity contribution in [3.63, 3.8) is 0 Å². The average Bonchev–Trinajstić information content (AvgIpc) is 3.14. The van der Waals surface area contributed by atoms with Crippen LogP contribution in [0.15, 0.2) is 36.7 Å². The topological polar surface area (TPSA) is 88.5 Å². The van der Waals surface area contributed by atoms with E-state index in [1.165, 1.54) is 0 Å². The van der Waals surface area contributed by atoms with Crippen molar-refractivity contribution in [2.24, 2.45) is 0 Å². The van der Waals surface area contributed by atoms with Crippen LogP contribution in [0.5, 0.6) is 0 Å². The predicted molar refractivity (Wildman–Crippen MR) is 86.8 cm³/mol. The zero-order valence-corrected chi connectivity index (χ0v) is 13.1. The number of aryl methyl sites for hydroxylation is 3. The second-order valence-electron chi connectivity index (χ2n) is 5.40. The number of amides is 1. The molecule has 118 valence electrons. The molecule has 7 nitrogen and oxygen atoms in total. The standard InChI is InChI=1S/C16H18N6O/c1-11-9-17-22(10-11)7-6-15(23)19-14-5-3-4-13(8-14)16-18-12(2)20-21-16/h3-5,8-10H,6-7H2,1-2H3,(H,19,23)(H,18,20,21). The SMILES string of the molecule is Cc1cnn(CCC(=O)Nc2cccc(-c3n[nH]c(C)n3)c2)c1. The Morgan fingerprint density at radius 1 is 1.35 bits per heavy atom. The number of benzene rings is 1. The van der Waals surface area contributed by atoms with Gasteiger partial charge in [-0.2, -0.15) is 10.2 Å². The zero-order chi connectivity index (χ0) is 16.2. The highest BCUT2D eigenvalue weighted by Gasteiger charge is 2.07. The minimum atomic E-state index is -0.0542. The van der Waals surface area contributed by atoms with Gasteiger partial charge in [0.2, 0.25) is 5.91 Å². The average molecular weight is 310 g/mol. The molecule has 2 N–H and O–H groups in total. The molecular formula is C16H18N6O. The van der Waals surface area contributed by atoms with Crippen LogP contribution in [0.3, 0.4) is 0 Å². The lowest BCUT2D eigenvalue weighted by Gasteiger charge is -2.06. The van der Waals surface area contributed by atoms with Crippen molar-refractivity contribution < 1.29 is 4.79 Å². The summed E-state index contributed by atoms with van der Waals surface area (Å²) in [4.78, 5) is 16.3. The maximum absolute atomic E-state index is 12.1. The lowest BCUT2D eigenvalue weighted by atomic mass is 10.2. The minimum Gasteiger partial charge on any atom is -0.326 e. The molecule has 23 heavy (non-hydrogen) atoms. The van der Waals surface area contributed by atoms with Gasteiger partial charge in [-0.15, -0.1) is 0 Å². The van der Waals surface area contributed by atoms with E-state index in [2.05, 4.69) is 25.6 Å². The first-order valence-electron chi connectivity index (χ1n) is 7.38. The molecule has 0 spiro atoms. The lowest BCUT2D eigenvalue weighted by molar-refractivity contribution is -0.116. The van der Waals surface area contributed by atoms with E-state index in [4.69, 9.17) is 0 Å². The second-order valence-corrected chi connectivity index (χ2v) is 5.40. The fourth-order valence-electron chi connectivity index (χ4n) is 2.24. The van der Waals surface area contributed by atoms with E-state index in [0.29, 0.717) is 18.8 Å². The summed E-state index contributed by atoms with van der Waals surface area (Å²) in [6.45, 7) is 4.37. The van der Waals surface area contributed by atoms with Gasteiger partial charge in [-0.25, -0.2) is 4.98 Å². The Morgan fingerprint density at radius 3 is 2.91 bits per heavy atom. The Labute approximate surface area is 133 Å². The number of anilines is 1. The molecule has 7 heteroatoms. The lowest BCUT2D eigenvalue weighted by Crippen LogP contribution is -2.14. The number of aromatic nitrogens is 5. The molecule has 1 aromatic carbocycles. The molecule has 0 aliphatic carbocycles. The third kappa shape index (κ3) is 3.82. The minimum absolute atomic E-state index is 0.0542. The number of nitrogens with zero attached hydrogens (tertiary/aromatic N) is 4. The van der Waals surface area contributed by atoms with Crippen molar-refractivity contribution in [1.82, 2.24) is 25.0 Å². The van der Waals surface area contributed by atoms with E-state index >= 15 is 0 Å². The first-order chi connectivity index (χ1) is 11.1. The Hall–Kier alpha value is -2.96. The molecule has 0 aliphatic rings. The highest BCUT2D eigenvalue weighted by Crippen LogP contribution is 2.19. The fourth-order valence-corrected chi connectivity index (χ4v) is 2.24. The zero-order valence-electron chi connectivity index (χ0n) is 13.1. The van der Waals surface area contributed by atoms with Gasteiger partial charge in [0, 0.05) is 30.4 Å². The largest absolute Gasteiger partial charge is 0.326 e. The molecular weight excluding hydrogens is 292 g/mol. The molecule has 1 amide bonds. The van der Waals surface area contributed by atoms with Crippen LogP contribution in [0.4, 0.5) is 5.69 Å². The van der Waals surface area contributed by atoms with Gasteiger partial charge in [0.1, 0.15) is 5.82 Å². The summed E-state index contributed by atoms with van der Waals surface area (Å²) in [6, 6.07) is 7.48. The summed E-state index contributed by atoms with van der Waals surface area (Å²) in [5, 5.41) is 14.0. The predicted octanol–water partition coefficient (Wildman–Crippen LogP) is 2.31. The first kappa shape index (κ1) is 15.0. The Kier molecular flexibility index (Phi) is 4.18. The van der Waals surface area contributed by atoms with Gasteiger partial charge in [0.25, 0.3) is 0 Å². The Balaban J connectivity index is 1.62. The summed E-state index contributed by atoms with van der Waals surface area (Å²) in [6.07, 6.45) is 4.06. The van der Waals surface area contributed by atoms with E-state index in [9.17, 15) is 4.79 Å². The Bertz CT molecular complexity index is 819. The molecule has 0 saturated carbocycles. The number of rotatable bonds is 5. The second kappa shape index (κ2) is 6.43. The number of hydrogen-bond donors (Lipinski definition) is 2. The summed E-state index contributed by atoms with van der Waals surface area (Å²) in [5.74, 6) is 1.32.